The molecule has 29 heavy (non-hydrogen) atoms. The summed E-state index contributed by atoms with van der Waals surface area (Å²) in [5.74, 6) is -1.24. The third-order valence-electron chi connectivity index (χ3n) is 4.80. The van der Waals surface area contributed by atoms with Gasteiger partial charge in [-0.05, 0) is 29.7 Å². The molecule has 3 aromatic carbocycles. The van der Waals surface area contributed by atoms with Crippen LogP contribution in [0.15, 0.2) is 60.7 Å². The lowest BCUT2D eigenvalue weighted by Gasteiger charge is -2.17. The summed E-state index contributed by atoms with van der Waals surface area (Å²) in [4.78, 5) is 37.2. The zero-order valence-corrected chi connectivity index (χ0v) is 15.7. The van der Waals surface area contributed by atoms with Crippen LogP contribution in [0.4, 0.5) is 17.1 Å². The molecular weight excluding hydrogens is 370 g/mol. The lowest BCUT2D eigenvalue weighted by Crippen LogP contribution is -2.36. The number of ether oxygens (including phenoxy) is 1. The predicted molar refractivity (Wildman–Crippen MR) is 111 cm³/mol. The number of carbonyl (C=O) groups is 3. The van der Waals surface area contributed by atoms with E-state index in [1.165, 1.54) is 7.11 Å². The van der Waals surface area contributed by atoms with Gasteiger partial charge in [0.05, 0.1) is 30.5 Å². The van der Waals surface area contributed by atoms with Crippen molar-refractivity contribution in [3.63, 3.8) is 0 Å². The van der Waals surface area contributed by atoms with Crippen LogP contribution in [0.25, 0.3) is 10.8 Å². The van der Waals surface area contributed by atoms with Crippen LogP contribution in [-0.2, 0) is 14.3 Å². The van der Waals surface area contributed by atoms with Crippen molar-refractivity contribution in [2.75, 3.05) is 23.1 Å². The van der Waals surface area contributed by atoms with Gasteiger partial charge in [-0.2, -0.15) is 0 Å². The average molecular weight is 389 g/mol. The van der Waals surface area contributed by atoms with Gasteiger partial charge < -0.3 is 20.7 Å². The maximum Gasteiger partial charge on any atom is 0.339 e. The van der Waals surface area contributed by atoms with E-state index in [2.05, 4.69) is 16.0 Å². The van der Waals surface area contributed by atoms with Gasteiger partial charge in [0.15, 0.2) is 0 Å². The van der Waals surface area contributed by atoms with Crippen LogP contribution < -0.4 is 16.0 Å². The lowest BCUT2D eigenvalue weighted by molar-refractivity contribution is -0.121. The van der Waals surface area contributed by atoms with Crippen molar-refractivity contribution in [1.82, 2.24) is 0 Å². The Morgan fingerprint density at radius 1 is 1.00 bits per heavy atom. The van der Waals surface area contributed by atoms with E-state index in [1.54, 1.807) is 24.3 Å². The lowest BCUT2D eigenvalue weighted by atomic mass is 10.1. The van der Waals surface area contributed by atoms with E-state index in [9.17, 15) is 14.4 Å². The van der Waals surface area contributed by atoms with Crippen LogP contribution in [0.5, 0.6) is 0 Å². The van der Waals surface area contributed by atoms with Crippen molar-refractivity contribution < 1.29 is 19.1 Å². The number of hydrogen-bond donors (Lipinski definition) is 3. The van der Waals surface area contributed by atoms with E-state index in [4.69, 9.17) is 4.74 Å². The summed E-state index contributed by atoms with van der Waals surface area (Å²) in [5, 5.41) is 10.7. The Hall–Kier alpha value is -3.87. The summed E-state index contributed by atoms with van der Waals surface area (Å²) in [7, 11) is 1.28. The van der Waals surface area contributed by atoms with E-state index in [1.807, 2.05) is 36.4 Å². The topological polar surface area (TPSA) is 96.5 Å². The first-order valence-corrected chi connectivity index (χ1v) is 9.13. The predicted octanol–water partition coefficient (Wildman–Crippen LogP) is 3.39. The van der Waals surface area contributed by atoms with Gasteiger partial charge in [0.25, 0.3) is 0 Å². The number of esters is 1. The molecular formula is C22H19N3O4. The molecule has 0 unspecified atom stereocenters. The van der Waals surface area contributed by atoms with E-state index < -0.39 is 17.9 Å². The second kappa shape index (κ2) is 7.63. The van der Waals surface area contributed by atoms with Crippen molar-refractivity contribution in [3.05, 3.63) is 66.2 Å². The molecule has 0 radical (unpaired) electrons. The highest BCUT2D eigenvalue weighted by molar-refractivity contribution is 6.13. The molecule has 0 fully saturated rings. The molecule has 1 aliphatic rings. The monoisotopic (exact) mass is 389 g/mol. The number of amides is 2. The number of methoxy groups -OCH3 is 1. The summed E-state index contributed by atoms with van der Waals surface area (Å²) in [6.07, 6.45) is -0.105. The first kappa shape index (κ1) is 18.5. The van der Waals surface area contributed by atoms with Gasteiger partial charge in [0.2, 0.25) is 11.8 Å². The van der Waals surface area contributed by atoms with Gasteiger partial charge in [-0.25, -0.2) is 4.79 Å². The molecule has 0 aliphatic carbocycles. The maximum atomic E-state index is 12.7. The zero-order chi connectivity index (χ0) is 20.4. The first-order valence-electron chi connectivity index (χ1n) is 9.13. The van der Waals surface area contributed by atoms with Crippen LogP contribution in [0, 0.1) is 0 Å². The minimum absolute atomic E-state index is 0.105. The molecule has 146 valence electrons. The summed E-state index contributed by atoms with van der Waals surface area (Å²) in [6.45, 7) is 0. The number of para-hydroxylation sites is 1. The first-order chi connectivity index (χ1) is 14.1. The smallest absolute Gasteiger partial charge is 0.339 e. The standard InChI is InChI=1S/C22H19N3O4/c1-29-22(28)14-8-2-3-9-15(14)24-19(26)12-18-21(27)25-17-11-5-7-13-6-4-10-16(23-18)20(13)17/h2-11,18,23H,12H2,1H3,(H,24,26)(H,25,27)/t18-/m1/s1. The van der Waals surface area contributed by atoms with E-state index in [-0.39, 0.29) is 17.9 Å². The Balaban J connectivity index is 1.55. The summed E-state index contributed by atoms with van der Waals surface area (Å²) in [5.41, 5.74) is 2.07. The second-order valence-electron chi connectivity index (χ2n) is 6.68. The Kier molecular flexibility index (Phi) is 4.87. The number of benzene rings is 3. The molecule has 1 atom stereocenters. The van der Waals surface area contributed by atoms with Crippen molar-refractivity contribution in [3.8, 4) is 0 Å². The highest BCUT2D eigenvalue weighted by atomic mass is 16.5. The molecule has 2 amide bonds. The minimum Gasteiger partial charge on any atom is -0.465 e. The molecule has 7 heteroatoms. The van der Waals surface area contributed by atoms with Crippen molar-refractivity contribution >= 4 is 45.6 Å². The van der Waals surface area contributed by atoms with Crippen LogP contribution in [-0.4, -0.2) is 30.9 Å². The fourth-order valence-electron chi connectivity index (χ4n) is 3.45. The molecule has 0 bridgehead atoms. The quantitative estimate of drug-likeness (QED) is 0.595. The van der Waals surface area contributed by atoms with Gasteiger partial charge in [0, 0.05) is 11.1 Å². The maximum absolute atomic E-state index is 12.7. The molecule has 0 aromatic heterocycles. The Labute approximate surface area is 167 Å². The van der Waals surface area contributed by atoms with Crippen molar-refractivity contribution in [2.45, 2.75) is 12.5 Å². The molecule has 0 saturated heterocycles. The number of hydrogen-bond acceptors (Lipinski definition) is 5. The van der Waals surface area contributed by atoms with Crippen LogP contribution in [0.1, 0.15) is 16.8 Å². The highest BCUT2D eigenvalue weighted by Gasteiger charge is 2.27. The molecule has 4 rings (SSSR count). The fourth-order valence-corrected chi connectivity index (χ4v) is 3.45. The Morgan fingerprint density at radius 2 is 1.72 bits per heavy atom. The van der Waals surface area contributed by atoms with Gasteiger partial charge >= 0.3 is 5.97 Å². The largest absolute Gasteiger partial charge is 0.465 e. The average Bonchev–Trinajstić information content (AvgIpc) is 2.86. The van der Waals surface area contributed by atoms with E-state index in [0.29, 0.717) is 11.4 Å². The van der Waals surface area contributed by atoms with E-state index >= 15 is 0 Å². The highest BCUT2D eigenvalue weighted by Crippen LogP contribution is 2.33. The third kappa shape index (κ3) is 3.62. The van der Waals surface area contributed by atoms with E-state index in [0.717, 1.165) is 16.5 Å². The van der Waals surface area contributed by atoms with Crippen LogP contribution >= 0.6 is 0 Å². The number of rotatable bonds is 4. The van der Waals surface area contributed by atoms with Gasteiger partial charge in [-0.1, -0.05) is 36.4 Å². The molecule has 1 heterocycles. The number of anilines is 3. The summed E-state index contributed by atoms with van der Waals surface area (Å²) >= 11 is 0. The van der Waals surface area contributed by atoms with Crippen molar-refractivity contribution in [1.29, 1.82) is 0 Å². The molecule has 0 spiro atoms. The Morgan fingerprint density at radius 3 is 2.48 bits per heavy atom. The molecule has 3 aromatic rings. The SMILES string of the molecule is COC(=O)c1ccccc1NC(=O)C[C@H]1Nc2cccc3cccc(c23)NC1=O. The summed E-state index contributed by atoms with van der Waals surface area (Å²) in [6, 6.07) is 17.2. The van der Waals surface area contributed by atoms with Crippen LogP contribution in [0.3, 0.4) is 0 Å². The molecule has 0 saturated carbocycles. The Bertz CT molecular complexity index is 1120. The third-order valence-corrected chi connectivity index (χ3v) is 4.80. The normalized spacial score (nSPS) is 15.1. The van der Waals surface area contributed by atoms with Crippen LogP contribution in [0.2, 0.25) is 0 Å². The molecule has 1 aliphatic heterocycles. The second-order valence-corrected chi connectivity index (χ2v) is 6.68. The van der Waals surface area contributed by atoms with Crippen molar-refractivity contribution in [2.24, 2.45) is 0 Å². The van der Waals surface area contributed by atoms with Gasteiger partial charge in [-0.15, -0.1) is 0 Å². The number of nitrogens with one attached hydrogen (secondary N) is 3. The molecule has 3 N–H and O–H groups in total. The zero-order valence-electron chi connectivity index (χ0n) is 15.7. The van der Waals surface area contributed by atoms with Gasteiger partial charge in [0.1, 0.15) is 6.04 Å². The fraction of sp³-hybridized carbons (Fsp3) is 0.136. The number of carbonyl (C=O) groups excluding carboxylic acids is 3. The minimum atomic E-state index is -0.765. The summed E-state index contributed by atoms with van der Waals surface area (Å²) < 4.78 is 4.74. The molecule has 7 nitrogen and oxygen atoms in total. The van der Waals surface area contributed by atoms with Gasteiger partial charge in [-0.3, -0.25) is 9.59 Å².